The Hall–Kier alpha value is -1.00. The maximum Gasteiger partial charge on any atom is 0.330 e. The Bertz CT molecular complexity index is 555. The van der Waals surface area contributed by atoms with E-state index in [1.807, 2.05) is 4.98 Å². The summed E-state index contributed by atoms with van der Waals surface area (Å²) >= 11 is 2.94. The Labute approximate surface area is 109 Å². The molecule has 0 aromatic carbocycles. The number of aliphatic hydroxyl groups is 3. The minimum absolute atomic E-state index is 0.0832. The highest BCUT2D eigenvalue weighted by molar-refractivity contribution is 9.10. The number of hydrogen-bond donors (Lipinski definition) is 4. The van der Waals surface area contributed by atoms with Crippen LogP contribution < -0.4 is 11.2 Å². The normalized spacial score (nSPS) is 31.8. The Kier molecular flexibility index (Phi) is 3.69. The van der Waals surface area contributed by atoms with Crippen molar-refractivity contribution in [2.45, 2.75) is 24.5 Å². The zero-order valence-corrected chi connectivity index (χ0v) is 10.6. The van der Waals surface area contributed by atoms with Gasteiger partial charge in [-0.1, -0.05) is 0 Å². The van der Waals surface area contributed by atoms with Crippen molar-refractivity contribution in [1.82, 2.24) is 9.55 Å². The van der Waals surface area contributed by atoms with Gasteiger partial charge < -0.3 is 20.1 Å². The number of aromatic nitrogens is 2. The molecule has 0 bridgehead atoms. The molecule has 0 radical (unpaired) electrons. The van der Waals surface area contributed by atoms with Gasteiger partial charge in [-0.15, -0.1) is 0 Å². The van der Waals surface area contributed by atoms with E-state index in [9.17, 15) is 19.8 Å². The Morgan fingerprint density at radius 3 is 2.61 bits per heavy atom. The average Bonchev–Trinajstić information content (AvgIpc) is 2.61. The minimum atomic E-state index is -1.38. The summed E-state index contributed by atoms with van der Waals surface area (Å²) in [6.07, 6.45) is -3.68. The summed E-state index contributed by atoms with van der Waals surface area (Å²) in [5.74, 6) is 0. The summed E-state index contributed by atoms with van der Waals surface area (Å²) in [5.41, 5.74) is -1.39. The number of aliphatic hydroxyl groups excluding tert-OH is 3. The van der Waals surface area contributed by atoms with E-state index < -0.39 is 42.4 Å². The quantitative estimate of drug-likeness (QED) is 0.495. The molecule has 0 amide bonds. The van der Waals surface area contributed by atoms with Gasteiger partial charge in [0, 0.05) is 6.20 Å². The summed E-state index contributed by atoms with van der Waals surface area (Å²) < 4.78 is 6.19. The minimum Gasteiger partial charge on any atom is -0.394 e. The van der Waals surface area contributed by atoms with Crippen LogP contribution in [0.3, 0.4) is 0 Å². The second-order valence-corrected chi connectivity index (χ2v) is 4.73. The molecule has 1 aromatic rings. The van der Waals surface area contributed by atoms with Gasteiger partial charge in [0.05, 0.1) is 11.1 Å². The van der Waals surface area contributed by atoms with Crippen LogP contribution in [-0.2, 0) is 4.74 Å². The fraction of sp³-hybridized carbons (Fsp3) is 0.556. The summed E-state index contributed by atoms with van der Waals surface area (Å²) in [5, 5.41) is 28.3. The first kappa shape index (κ1) is 13.4. The molecule has 9 heteroatoms. The lowest BCUT2D eigenvalue weighted by Gasteiger charge is -2.17. The van der Waals surface area contributed by atoms with E-state index in [-0.39, 0.29) is 4.47 Å². The maximum atomic E-state index is 11.6. The molecule has 1 aliphatic rings. The van der Waals surface area contributed by atoms with Gasteiger partial charge in [-0.2, -0.15) is 0 Å². The summed E-state index contributed by atoms with van der Waals surface area (Å²) in [7, 11) is 0. The van der Waals surface area contributed by atoms with Crippen molar-refractivity contribution in [3.63, 3.8) is 0 Å². The van der Waals surface area contributed by atoms with Crippen LogP contribution in [0.5, 0.6) is 0 Å². The molecular formula is C9H11BrN2O6. The first-order valence-electron chi connectivity index (χ1n) is 5.09. The van der Waals surface area contributed by atoms with Crippen molar-refractivity contribution in [3.8, 4) is 0 Å². The fourth-order valence-corrected chi connectivity index (χ4v) is 2.08. The maximum absolute atomic E-state index is 11.6. The van der Waals surface area contributed by atoms with Crippen LogP contribution in [0.25, 0.3) is 0 Å². The molecule has 1 aliphatic heterocycles. The molecule has 0 spiro atoms. The molecule has 4 N–H and O–H groups in total. The van der Waals surface area contributed by atoms with E-state index >= 15 is 0 Å². The number of halogens is 1. The Morgan fingerprint density at radius 1 is 1.39 bits per heavy atom. The molecule has 2 rings (SSSR count). The predicted molar refractivity (Wildman–Crippen MR) is 62.0 cm³/mol. The van der Waals surface area contributed by atoms with Crippen molar-refractivity contribution in [2.75, 3.05) is 6.61 Å². The highest BCUT2D eigenvalue weighted by atomic mass is 79.9. The van der Waals surface area contributed by atoms with E-state index in [4.69, 9.17) is 9.84 Å². The van der Waals surface area contributed by atoms with E-state index in [1.54, 1.807) is 0 Å². The van der Waals surface area contributed by atoms with E-state index in [0.29, 0.717) is 0 Å². The van der Waals surface area contributed by atoms with Crippen LogP contribution in [0.2, 0.25) is 0 Å². The molecule has 0 aliphatic carbocycles. The largest absolute Gasteiger partial charge is 0.394 e. The standard InChI is InChI=1S/C9H11BrN2O6/c10-3-1-12(9(17)11-7(3)16)8-6(15)5(14)4(2-13)18-8/h1,4-6,8,13-15H,2H2,(H,11,16,17)/t4-,5-,6+,8?/m1/s1. The van der Waals surface area contributed by atoms with Crippen molar-refractivity contribution < 1.29 is 20.1 Å². The van der Waals surface area contributed by atoms with Gasteiger partial charge in [0.2, 0.25) is 0 Å². The van der Waals surface area contributed by atoms with Gasteiger partial charge in [-0.05, 0) is 15.9 Å². The number of nitrogens with zero attached hydrogens (tertiary/aromatic N) is 1. The fourth-order valence-electron chi connectivity index (χ4n) is 1.76. The zero-order chi connectivity index (χ0) is 13.4. The third-order valence-corrected chi connectivity index (χ3v) is 3.28. The second-order valence-electron chi connectivity index (χ2n) is 3.87. The third kappa shape index (κ3) is 2.15. The number of H-pyrrole nitrogens is 1. The van der Waals surface area contributed by atoms with E-state index in [1.165, 1.54) is 0 Å². The molecule has 100 valence electrons. The number of ether oxygens (including phenoxy) is 1. The first-order valence-corrected chi connectivity index (χ1v) is 5.88. The molecule has 1 fully saturated rings. The molecule has 0 saturated carbocycles. The van der Waals surface area contributed by atoms with Crippen molar-refractivity contribution >= 4 is 15.9 Å². The monoisotopic (exact) mass is 322 g/mol. The van der Waals surface area contributed by atoms with Crippen LogP contribution in [0.15, 0.2) is 20.3 Å². The molecule has 1 saturated heterocycles. The van der Waals surface area contributed by atoms with Crippen molar-refractivity contribution in [2.24, 2.45) is 0 Å². The molecule has 4 atom stereocenters. The summed E-state index contributed by atoms with van der Waals surface area (Å²) in [6, 6.07) is 0. The van der Waals surface area contributed by atoms with Gasteiger partial charge in [0.25, 0.3) is 5.56 Å². The second kappa shape index (κ2) is 4.94. The lowest BCUT2D eigenvalue weighted by Crippen LogP contribution is -2.38. The highest BCUT2D eigenvalue weighted by Crippen LogP contribution is 2.28. The molecular weight excluding hydrogens is 312 g/mol. The lowest BCUT2D eigenvalue weighted by molar-refractivity contribution is -0.0551. The van der Waals surface area contributed by atoms with E-state index in [2.05, 4.69) is 15.9 Å². The number of nitrogens with one attached hydrogen (secondary N) is 1. The predicted octanol–water partition coefficient (Wildman–Crippen LogP) is -2.09. The van der Waals surface area contributed by atoms with Crippen LogP contribution in [-0.4, -0.2) is 49.8 Å². The highest BCUT2D eigenvalue weighted by Gasteiger charge is 2.43. The Morgan fingerprint density at radius 2 is 2.06 bits per heavy atom. The Balaban J connectivity index is 2.42. The van der Waals surface area contributed by atoms with Gasteiger partial charge >= 0.3 is 5.69 Å². The van der Waals surface area contributed by atoms with Crippen molar-refractivity contribution in [3.05, 3.63) is 31.5 Å². The van der Waals surface area contributed by atoms with Gasteiger partial charge in [-0.3, -0.25) is 14.3 Å². The third-order valence-electron chi connectivity index (χ3n) is 2.72. The van der Waals surface area contributed by atoms with Crippen LogP contribution >= 0.6 is 15.9 Å². The van der Waals surface area contributed by atoms with Gasteiger partial charge in [-0.25, -0.2) is 4.79 Å². The molecule has 18 heavy (non-hydrogen) atoms. The number of hydrogen-bond acceptors (Lipinski definition) is 6. The molecule has 2 heterocycles. The topological polar surface area (TPSA) is 125 Å². The summed E-state index contributed by atoms with van der Waals surface area (Å²) in [6.45, 7) is -0.492. The van der Waals surface area contributed by atoms with Crippen LogP contribution in [0.1, 0.15) is 6.23 Å². The van der Waals surface area contributed by atoms with E-state index in [0.717, 1.165) is 10.8 Å². The van der Waals surface area contributed by atoms with Crippen molar-refractivity contribution in [1.29, 1.82) is 0 Å². The number of rotatable bonds is 2. The smallest absolute Gasteiger partial charge is 0.330 e. The molecule has 1 aromatic heterocycles. The molecule has 8 nitrogen and oxygen atoms in total. The lowest BCUT2D eigenvalue weighted by atomic mass is 10.1. The van der Waals surface area contributed by atoms with Gasteiger partial charge in [0.1, 0.15) is 18.3 Å². The number of aromatic amines is 1. The first-order chi connectivity index (χ1) is 8.45. The molecule has 1 unspecified atom stereocenters. The van der Waals surface area contributed by atoms with Crippen LogP contribution in [0, 0.1) is 0 Å². The summed E-state index contributed by atoms with van der Waals surface area (Å²) in [4.78, 5) is 24.8. The van der Waals surface area contributed by atoms with Crippen LogP contribution in [0.4, 0.5) is 0 Å². The SMILES string of the molecule is O=c1[nH]c(=O)n(C2O[C@H](CO)[C@@H](O)[C@@H]2O)cc1Br. The van der Waals surface area contributed by atoms with Gasteiger partial charge in [0.15, 0.2) is 6.23 Å². The zero-order valence-electron chi connectivity index (χ0n) is 8.99. The average molecular weight is 323 g/mol.